The van der Waals surface area contributed by atoms with E-state index in [1.54, 1.807) is 6.07 Å². The van der Waals surface area contributed by atoms with Crippen LogP contribution >= 0.6 is 0 Å². The number of anilines is 2. The molecular weight excluding hydrogens is 378 g/mol. The summed E-state index contributed by atoms with van der Waals surface area (Å²) in [7, 11) is -7.45. The molecule has 26 heavy (non-hydrogen) atoms. The van der Waals surface area contributed by atoms with Gasteiger partial charge in [-0.05, 0) is 24.3 Å². The maximum atomic E-state index is 12.6. The van der Waals surface area contributed by atoms with E-state index < -0.39 is 20.0 Å². The number of nitrogens with zero attached hydrogens (tertiary/aromatic N) is 2. The van der Waals surface area contributed by atoms with E-state index in [4.69, 9.17) is 10.00 Å². The van der Waals surface area contributed by atoms with Crippen molar-refractivity contribution in [2.45, 2.75) is 4.90 Å². The Bertz CT molecular complexity index is 1100. The topological polar surface area (TPSA) is 117 Å². The molecule has 0 unspecified atom stereocenters. The average Bonchev–Trinajstić information content (AvgIpc) is 2.59. The molecule has 0 aromatic heterocycles. The first kappa shape index (κ1) is 18.0. The van der Waals surface area contributed by atoms with E-state index in [1.807, 2.05) is 6.07 Å². The standard InChI is InChI=1S/C16H15N3O5S2/c1-25(20,21)19-8-9-24-15-10-13(6-7-14(15)19)18-26(22,23)16-5-3-2-4-12(16)11-17/h2-7,10,18H,8-9H2,1H3. The predicted octanol–water partition coefficient (Wildman–Crippen LogP) is 1.52. The van der Waals surface area contributed by atoms with Crippen LogP contribution in [-0.4, -0.2) is 36.2 Å². The zero-order valence-corrected chi connectivity index (χ0v) is 15.3. The summed E-state index contributed by atoms with van der Waals surface area (Å²) in [6.45, 7) is 0.347. The minimum Gasteiger partial charge on any atom is -0.489 e. The monoisotopic (exact) mass is 393 g/mol. The van der Waals surface area contributed by atoms with Crippen molar-refractivity contribution in [1.29, 1.82) is 5.26 Å². The zero-order valence-electron chi connectivity index (χ0n) is 13.7. The van der Waals surface area contributed by atoms with Crippen LogP contribution in [0.3, 0.4) is 0 Å². The lowest BCUT2D eigenvalue weighted by Crippen LogP contribution is -2.37. The SMILES string of the molecule is CS(=O)(=O)N1CCOc2cc(NS(=O)(=O)c3ccccc3C#N)ccc21. The molecule has 3 rings (SSSR count). The van der Waals surface area contributed by atoms with Crippen molar-refractivity contribution in [3.63, 3.8) is 0 Å². The van der Waals surface area contributed by atoms with Gasteiger partial charge in [0.05, 0.1) is 29.7 Å². The lowest BCUT2D eigenvalue weighted by Gasteiger charge is -2.29. The largest absolute Gasteiger partial charge is 0.489 e. The Kier molecular flexibility index (Phi) is 4.52. The van der Waals surface area contributed by atoms with Crippen LogP contribution in [0.4, 0.5) is 11.4 Å². The van der Waals surface area contributed by atoms with Crippen molar-refractivity contribution < 1.29 is 21.6 Å². The number of hydrogen-bond acceptors (Lipinski definition) is 6. The second kappa shape index (κ2) is 6.51. The number of rotatable bonds is 4. The van der Waals surface area contributed by atoms with Gasteiger partial charge in [-0.15, -0.1) is 0 Å². The number of fused-ring (bicyclic) bond motifs is 1. The molecule has 2 aromatic carbocycles. The van der Waals surface area contributed by atoms with Crippen LogP contribution in [0.5, 0.6) is 5.75 Å². The van der Waals surface area contributed by atoms with E-state index >= 15 is 0 Å². The highest BCUT2D eigenvalue weighted by atomic mass is 32.2. The maximum Gasteiger partial charge on any atom is 0.263 e. The van der Waals surface area contributed by atoms with E-state index in [-0.39, 0.29) is 35.0 Å². The smallest absolute Gasteiger partial charge is 0.263 e. The molecular formula is C16H15N3O5S2. The number of nitrogens with one attached hydrogen (secondary N) is 1. The van der Waals surface area contributed by atoms with Gasteiger partial charge in [0.2, 0.25) is 10.0 Å². The molecule has 10 heteroatoms. The highest BCUT2D eigenvalue weighted by Crippen LogP contribution is 2.36. The number of ether oxygens (including phenoxy) is 1. The molecule has 1 heterocycles. The van der Waals surface area contributed by atoms with Crippen molar-refractivity contribution in [3.05, 3.63) is 48.0 Å². The molecule has 0 radical (unpaired) electrons. The number of benzene rings is 2. The molecule has 0 aliphatic carbocycles. The van der Waals surface area contributed by atoms with Crippen LogP contribution in [0.1, 0.15) is 5.56 Å². The minimum absolute atomic E-state index is 0.0254. The number of sulfonamides is 2. The van der Waals surface area contributed by atoms with Crippen molar-refractivity contribution in [2.24, 2.45) is 0 Å². The van der Waals surface area contributed by atoms with Gasteiger partial charge in [0.25, 0.3) is 10.0 Å². The highest BCUT2D eigenvalue weighted by molar-refractivity contribution is 7.93. The van der Waals surface area contributed by atoms with Crippen molar-refractivity contribution in [2.75, 3.05) is 28.4 Å². The molecule has 2 aromatic rings. The van der Waals surface area contributed by atoms with Crippen LogP contribution in [0.25, 0.3) is 0 Å². The molecule has 0 atom stereocenters. The molecule has 0 saturated carbocycles. The summed E-state index contributed by atoms with van der Waals surface area (Å²) in [6.07, 6.45) is 1.09. The Morgan fingerprint density at radius 3 is 2.58 bits per heavy atom. The summed E-state index contributed by atoms with van der Waals surface area (Å²) in [4.78, 5) is -0.140. The van der Waals surface area contributed by atoms with Crippen LogP contribution in [0.15, 0.2) is 47.4 Å². The first-order valence-corrected chi connectivity index (χ1v) is 10.8. The van der Waals surface area contributed by atoms with Crippen LogP contribution in [0.2, 0.25) is 0 Å². The Balaban J connectivity index is 1.96. The number of nitriles is 1. The lowest BCUT2D eigenvalue weighted by molar-refractivity contribution is 0.316. The predicted molar refractivity (Wildman–Crippen MR) is 96.1 cm³/mol. The summed E-state index contributed by atoms with van der Waals surface area (Å²) >= 11 is 0. The Morgan fingerprint density at radius 2 is 1.88 bits per heavy atom. The molecule has 136 valence electrons. The normalized spacial score (nSPS) is 14.1. The van der Waals surface area contributed by atoms with Crippen LogP contribution in [0, 0.1) is 11.3 Å². The van der Waals surface area contributed by atoms with Gasteiger partial charge in [-0.3, -0.25) is 9.03 Å². The third-order valence-corrected chi connectivity index (χ3v) is 6.35. The molecule has 0 saturated heterocycles. The Hall–Kier alpha value is -2.77. The van der Waals surface area contributed by atoms with Crippen LogP contribution in [-0.2, 0) is 20.0 Å². The van der Waals surface area contributed by atoms with Gasteiger partial charge in [0, 0.05) is 6.07 Å². The third kappa shape index (κ3) is 3.44. The summed E-state index contributed by atoms with van der Waals surface area (Å²) in [5.41, 5.74) is 0.573. The fraction of sp³-hybridized carbons (Fsp3) is 0.188. The molecule has 1 N–H and O–H groups in total. The van der Waals surface area contributed by atoms with E-state index in [2.05, 4.69) is 4.72 Å². The first-order chi connectivity index (χ1) is 12.2. The summed E-state index contributed by atoms with van der Waals surface area (Å²) in [5.74, 6) is 0.260. The van der Waals surface area contributed by atoms with Gasteiger partial charge in [0.1, 0.15) is 23.3 Å². The first-order valence-electron chi connectivity index (χ1n) is 7.49. The van der Waals surface area contributed by atoms with E-state index in [9.17, 15) is 16.8 Å². The molecule has 0 bridgehead atoms. The summed E-state index contributed by atoms with van der Waals surface area (Å²) < 4.78 is 57.9. The molecule has 1 aliphatic heterocycles. The molecule has 0 amide bonds. The Labute approximate surface area is 151 Å². The fourth-order valence-electron chi connectivity index (χ4n) is 2.61. The molecule has 8 nitrogen and oxygen atoms in total. The summed E-state index contributed by atoms with van der Waals surface area (Å²) in [5, 5.41) is 9.09. The van der Waals surface area contributed by atoms with Crippen molar-refractivity contribution in [1.82, 2.24) is 0 Å². The van der Waals surface area contributed by atoms with Crippen molar-refractivity contribution >= 4 is 31.4 Å². The Morgan fingerprint density at radius 1 is 1.15 bits per heavy atom. The second-order valence-electron chi connectivity index (χ2n) is 5.58. The highest BCUT2D eigenvalue weighted by Gasteiger charge is 2.26. The van der Waals surface area contributed by atoms with Crippen LogP contribution < -0.4 is 13.8 Å². The number of hydrogen-bond donors (Lipinski definition) is 1. The molecule has 0 spiro atoms. The quantitative estimate of drug-likeness (QED) is 0.842. The molecule has 0 fully saturated rings. The third-order valence-electron chi connectivity index (χ3n) is 3.73. The second-order valence-corrected chi connectivity index (χ2v) is 9.14. The lowest BCUT2D eigenvalue weighted by atomic mass is 10.2. The van der Waals surface area contributed by atoms with E-state index in [0.717, 1.165) is 6.26 Å². The van der Waals surface area contributed by atoms with E-state index in [1.165, 1.54) is 40.7 Å². The average molecular weight is 393 g/mol. The minimum atomic E-state index is -3.98. The van der Waals surface area contributed by atoms with Gasteiger partial charge in [-0.1, -0.05) is 12.1 Å². The zero-order chi connectivity index (χ0) is 18.9. The van der Waals surface area contributed by atoms with Gasteiger partial charge in [-0.25, -0.2) is 16.8 Å². The van der Waals surface area contributed by atoms with Gasteiger partial charge in [0.15, 0.2) is 0 Å². The van der Waals surface area contributed by atoms with E-state index in [0.29, 0.717) is 5.69 Å². The van der Waals surface area contributed by atoms with Gasteiger partial charge >= 0.3 is 0 Å². The fourth-order valence-corrected chi connectivity index (χ4v) is 4.73. The van der Waals surface area contributed by atoms with Crippen molar-refractivity contribution in [3.8, 4) is 11.8 Å². The summed E-state index contributed by atoms with van der Waals surface area (Å²) in [6, 6.07) is 12.0. The van der Waals surface area contributed by atoms with Gasteiger partial charge < -0.3 is 4.74 Å². The maximum absolute atomic E-state index is 12.6. The van der Waals surface area contributed by atoms with Gasteiger partial charge in [-0.2, -0.15) is 5.26 Å². The molecule has 1 aliphatic rings.